The number of rotatable bonds is 3. The quantitative estimate of drug-likeness (QED) is 0.751. The Morgan fingerprint density at radius 1 is 1.25 bits per heavy atom. The lowest BCUT2D eigenvalue weighted by Gasteiger charge is -2.36. The van der Waals surface area contributed by atoms with Gasteiger partial charge in [0.05, 0.1) is 5.92 Å². The van der Waals surface area contributed by atoms with Gasteiger partial charge in [0.2, 0.25) is 0 Å². The molecule has 1 saturated carbocycles. The Kier molecular flexibility index (Phi) is 3.31. The van der Waals surface area contributed by atoms with E-state index in [1.165, 1.54) is 25.7 Å². The summed E-state index contributed by atoms with van der Waals surface area (Å²) in [6.45, 7) is 1.45. The molecule has 0 unspecified atom stereocenters. The largest absolute Gasteiger partial charge is 0.481 e. The minimum absolute atomic E-state index is 0.107. The van der Waals surface area contributed by atoms with Crippen LogP contribution in [-0.2, 0) is 4.79 Å². The molecule has 16 heavy (non-hydrogen) atoms. The van der Waals surface area contributed by atoms with Gasteiger partial charge in [-0.2, -0.15) is 0 Å². The van der Waals surface area contributed by atoms with Gasteiger partial charge in [0.15, 0.2) is 0 Å². The maximum atomic E-state index is 11.6. The van der Waals surface area contributed by atoms with Gasteiger partial charge < -0.3 is 15.3 Å². The molecule has 0 atom stereocenters. The fourth-order valence-corrected chi connectivity index (χ4v) is 2.36. The number of nitrogens with one attached hydrogen (secondary N) is 1. The highest BCUT2D eigenvalue weighted by Crippen LogP contribution is 2.24. The predicted octanol–water partition coefficient (Wildman–Crippen LogP) is 0.903. The lowest BCUT2D eigenvalue weighted by Crippen LogP contribution is -2.56. The molecule has 2 aliphatic rings. The van der Waals surface area contributed by atoms with Gasteiger partial charge in [0, 0.05) is 19.6 Å². The average molecular weight is 226 g/mol. The lowest BCUT2D eigenvalue weighted by atomic mass is 10.0. The molecule has 1 aliphatic heterocycles. The van der Waals surface area contributed by atoms with Gasteiger partial charge in [-0.05, 0) is 18.8 Å². The molecule has 0 aromatic rings. The molecule has 0 aromatic heterocycles. The minimum Gasteiger partial charge on any atom is -0.481 e. The number of carboxylic acids is 1. The van der Waals surface area contributed by atoms with Crippen LogP contribution < -0.4 is 5.32 Å². The molecule has 2 amide bonds. The third kappa shape index (κ3) is 2.46. The molecule has 2 rings (SSSR count). The van der Waals surface area contributed by atoms with Gasteiger partial charge in [-0.3, -0.25) is 4.79 Å². The molecule has 2 fully saturated rings. The monoisotopic (exact) mass is 226 g/mol. The zero-order valence-corrected chi connectivity index (χ0v) is 9.32. The van der Waals surface area contributed by atoms with Crippen molar-refractivity contribution in [1.29, 1.82) is 0 Å². The van der Waals surface area contributed by atoms with Crippen LogP contribution in [0.5, 0.6) is 0 Å². The Labute approximate surface area is 94.8 Å². The maximum Gasteiger partial charge on any atom is 0.317 e. The van der Waals surface area contributed by atoms with Gasteiger partial charge in [0.1, 0.15) is 0 Å². The Balaban J connectivity index is 1.64. The first-order valence-electron chi connectivity index (χ1n) is 5.92. The fourth-order valence-electron chi connectivity index (χ4n) is 2.36. The van der Waals surface area contributed by atoms with Gasteiger partial charge in [-0.15, -0.1) is 0 Å². The summed E-state index contributed by atoms with van der Waals surface area (Å²) in [6, 6.07) is -0.107. The first-order valence-corrected chi connectivity index (χ1v) is 5.92. The fraction of sp³-hybridized carbons (Fsp3) is 0.818. The molecule has 2 N–H and O–H groups in total. The molecule has 1 aliphatic carbocycles. The molecule has 90 valence electrons. The van der Waals surface area contributed by atoms with Crippen LogP contribution >= 0.6 is 0 Å². The Morgan fingerprint density at radius 2 is 1.88 bits per heavy atom. The van der Waals surface area contributed by atoms with E-state index in [0.717, 1.165) is 6.54 Å². The number of carbonyl (C=O) groups excluding carboxylic acids is 1. The highest BCUT2D eigenvalue weighted by atomic mass is 16.4. The molecular formula is C11H18N2O3. The van der Waals surface area contributed by atoms with Gasteiger partial charge in [-0.1, -0.05) is 12.8 Å². The average Bonchev–Trinajstić information content (AvgIpc) is 2.63. The van der Waals surface area contributed by atoms with Crippen molar-refractivity contribution in [3.05, 3.63) is 0 Å². The lowest BCUT2D eigenvalue weighted by molar-refractivity contribution is -0.146. The smallest absolute Gasteiger partial charge is 0.317 e. The van der Waals surface area contributed by atoms with E-state index in [4.69, 9.17) is 5.11 Å². The second kappa shape index (κ2) is 4.72. The number of hydrogen-bond donors (Lipinski definition) is 2. The summed E-state index contributed by atoms with van der Waals surface area (Å²) in [5.41, 5.74) is 0. The standard InChI is InChI=1S/C11H18N2O3/c14-10(15)9-6-13(7-9)11(16)12-5-8-3-1-2-4-8/h8-9H,1-7H2,(H,12,16)(H,14,15). The van der Waals surface area contributed by atoms with E-state index in [1.54, 1.807) is 4.90 Å². The van der Waals surface area contributed by atoms with E-state index in [1.807, 2.05) is 0 Å². The first kappa shape index (κ1) is 11.2. The van der Waals surface area contributed by atoms with Gasteiger partial charge in [0.25, 0.3) is 0 Å². The molecule has 0 spiro atoms. The number of likely N-dealkylation sites (tertiary alicyclic amines) is 1. The molecule has 0 bridgehead atoms. The summed E-state index contributed by atoms with van der Waals surface area (Å²) < 4.78 is 0. The zero-order chi connectivity index (χ0) is 11.5. The predicted molar refractivity (Wildman–Crippen MR) is 58.1 cm³/mol. The topological polar surface area (TPSA) is 69.6 Å². The third-order valence-electron chi connectivity index (χ3n) is 3.53. The summed E-state index contributed by atoms with van der Waals surface area (Å²) in [7, 11) is 0. The van der Waals surface area contributed by atoms with Crippen LogP contribution in [0.25, 0.3) is 0 Å². The van der Waals surface area contributed by atoms with Crippen LogP contribution in [0.2, 0.25) is 0 Å². The molecular weight excluding hydrogens is 208 g/mol. The van der Waals surface area contributed by atoms with Crippen molar-refractivity contribution >= 4 is 12.0 Å². The summed E-state index contributed by atoms with van der Waals surface area (Å²) in [5, 5.41) is 11.6. The third-order valence-corrected chi connectivity index (χ3v) is 3.53. The van der Waals surface area contributed by atoms with Crippen molar-refractivity contribution in [3.8, 4) is 0 Å². The normalized spacial score (nSPS) is 21.9. The van der Waals surface area contributed by atoms with Crippen molar-refractivity contribution in [2.24, 2.45) is 11.8 Å². The number of carbonyl (C=O) groups is 2. The number of nitrogens with zero attached hydrogens (tertiary/aromatic N) is 1. The number of carboxylic acid groups (broad SMARTS) is 1. The highest BCUT2D eigenvalue weighted by molar-refractivity contribution is 5.79. The molecule has 0 radical (unpaired) electrons. The van der Waals surface area contributed by atoms with Gasteiger partial charge in [-0.25, -0.2) is 4.79 Å². The number of hydrogen-bond acceptors (Lipinski definition) is 2. The second-order valence-electron chi connectivity index (χ2n) is 4.78. The van der Waals surface area contributed by atoms with E-state index in [-0.39, 0.29) is 11.9 Å². The summed E-state index contributed by atoms with van der Waals surface area (Å²) >= 11 is 0. The maximum absolute atomic E-state index is 11.6. The van der Waals surface area contributed by atoms with Crippen molar-refractivity contribution in [2.75, 3.05) is 19.6 Å². The Bertz CT molecular complexity index is 281. The Morgan fingerprint density at radius 3 is 2.44 bits per heavy atom. The van der Waals surface area contributed by atoms with Crippen LogP contribution in [0.15, 0.2) is 0 Å². The molecule has 0 aromatic carbocycles. The van der Waals surface area contributed by atoms with Crippen molar-refractivity contribution < 1.29 is 14.7 Å². The second-order valence-corrected chi connectivity index (χ2v) is 4.78. The molecule has 5 nitrogen and oxygen atoms in total. The summed E-state index contributed by atoms with van der Waals surface area (Å²) in [6.07, 6.45) is 4.95. The van der Waals surface area contributed by atoms with E-state index < -0.39 is 5.97 Å². The zero-order valence-electron chi connectivity index (χ0n) is 9.32. The number of amides is 2. The van der Waals surface area contributed by atoms with Crippen molar-refractivity contribution in [2.45, 2.75) is 25.7 Å². The summed E-state index contributed by atoms with van der Waals surface area (Å²) in [5.74, 6) is -0.544. The molecule has 1 saturated heterocycles. The minimum atomic E-state index is -0.806. The first-order chi connectivity index (χ1) is 7.66. The van der Waals surface area contributed by atoms with E-state index in [0.29, 0.717) is 19.0 Å². The SMILES string of the molecule is O=C(O)C1CN(C(=O)NCC2CCCC2)C1. The van der Waals surface area contributed by atoms with E-state index in [9.17, 15) is 9.59 Å². The van der Waals surface area contributed by atoms with Gasteiger partial charge >= 0.3 is 12.0 Å². The van der Waals surface area contributed by atoms with E-state index >= 15 is 0 Å². The molecule has 5 heteroatoms. The summed E-state index contributed by atoms with van der Waals surface area (Å²) in [4.78, 5) is 23.7. The van der Waals surface area contributed by atoms with Crippen LogP contribution in [0.4, 0.5) is 4.79 Å². The number of aliphatic carboxylic acids is 1. The van der Waals surface area contributed by atoms with E-state index in [2.05, 4.69) is 5.32 Å². The number of urea groups is 1. The Hall–Kier alpha value is -1.26. The van der Waals surface area contributed by atoms with Crippen LogP contribution in [-0.4, -0.2) is 41.6 Å². The van der Waals surface area contributed by atoms with Crippen LogP contribution in [0.3, 0.4) is 0 Å². The van der Waals surface area contributed by atoms with Crippen molar-refractivity contribution in [3.63, 3.8) is 0 Å². The van der Waals surface area contributed by atoms with Crippen molar-refractivity contribution in [1.82, 2.24) is 10.2 Å². The van der Waals surface area contributed by atoms with Crippen LogP contribution in [0.1, 0.15) is 25.7 Å². The molecule has 1 heterocycles. The van der Waals surface area contributed by atoms with Crippen LogP contribution in [0, 0.1) is 11.8 Å². The highest BCUT2D eigenvalue weighted by Gasteiger charge is 2.35.